The molecule has 2 aromatic heterocycles. The number of carbonyl (C=O) groups excluding carboxylic acids is 1. The highest BCUT2D eigenvalue weighted by Crippen LogP contribution is 2.49. The maximum atomic E-state index is 12.7. The average Bonchev–Trinajstić information content (AvgIpc) is 3.33. The monoisotopic (exact) mass is 355 g/mol. The molecule has 2 heterocycles. The van der Waals surface area contributed by atoms with Crippen LogP contribution in [-0.4, -0.2) is 22.4 Å². The molecule has 1 N–H and O–H groups in total. The van der Waals surface area contributed by atoms with Crippen molar-refractivity contribution >= 4 is 17.5 Å². The summed E-state index contributed by atoms with van der Waals surface area (Å²) in [6.45, 7) is 0.270. The Kier molecular flexibility index (Phi) is 4.21. The maximum Gasteiger partial charge on any atom is 0.417 e. The Morgan fingerprint density at radius 3 is 2.50 bits per heavy atom. The van der Waals surface area contributed by atoms with Gasteiger partial charge in [0, 0.05) is 36.1 Å². The van der Waals surface area contributed by atoms with Gasteiger partial charge in [0.2, 0.25) is 0 Å². The number of carbonyl (C=O) groups is 1. The Hall–Kier alpha value is -2.15. The molecule has 1 fully saturated rings. The largest absolute Gasteiger partial charge is 0.417 e. The van der Waals surface area contributed by atoms with Crippen LogP contribution in [0, 0.1) is 0 Å². The summed E-state index contributed by atoms with van der Waals surface area (Å²) in [7, 11) is 0. The Morgan fingerprint density at radius 2 is 1.96 bits per heavy atom. The molecule has 1 saturated carbocycles. The first-order chi connectivity index (χ1) is 11.3. The number of aromatic nitrogens is 2. The van der Waals surface area contributed by atoms with E-state index in [-0.39, 0.29) is 17.5 Å². The number of alkyl halides is 3. The second-order valence-corrected chi connectivity index (χ2v) is 6.16. The summed E-state index contributed by atoms with van der Waals surface area (Å²) in [4.78, 5) is 19.8. The smallest absolute Gasteiger partial charge is 0.351 e. The zero-order valence-corrected chi connectivity index (χ0v) is 13.2. The number of nitrogens with zero attached hydrogens (tertiary/aromatic N) is 2. The summed E-state index contributed by atoms with van der Waals surface area (Å²) in [6, 6.07) is 4.05. The quantitative estimate of drug-likeness (QED) is 0.911. The van der Waals surface area contributed by atoms with Crippen molar-refractivity contribution in [2.45, 2.75) is 24.4 Å². The van der Waals surface area contributed by atoms with E-state index in [9.17, 15) is 18.0 Å². The van der Waals surface area contributed by atoms with E-state index < -0.39 is 17.2 Å². The highest BCUT2D eigenvalue weighted by Gasteiger charge is 2.47. The minimum Gasteiger partial charge on any atom is -0.351 e. The lowest BCUT2D eigenvalue weighted by Crippen LogP contribution is -2.33. The molecule has 4 nitrogen and oxygen atoms in total. The summed E-state index contributed by atoms with van der Waals surface area (Å²) in [6.07, 6.45) is 0.739. The Balaban J connectivity index is 1.74. The summed E-state index contributed by atoms with van der Waals surface area (Å²) in [5, 5.41) is 2.76. The molecule has 0 bridgehead atoms. The summed E-state index contributed by atoms with van der Waals surface area (Å²) >= 11 is 6.01. The second-order valence-electron chi connectivity index (χ2n) is 5.75. The van der Waals surface area contributed by atoms with E-state index in [4.69, 9.17) is 11.6 Å². The molecule has 0 saturated heterocycles. The molecule has 0 unspecified atom stereocenters. The third-order valence-corrected chi connectivity index (χ3v) is 4.34. The minimum absolute atomic E-state index is 0.0273. The van der Waals surface area contributed by atoms with Gasteiger partial charge in [0.1, 0.15) is 0 Å². The zero-order valence-electron chi connectivity index (χ0n) is 12.4. The number of rotatable bonds is 4. The van der Waals surface area contributed by atoms with Gasteiger partial charge in [0.05, 0.1) is 16.3 Å². The van der Waals surface area contributed by atoms with Crippen molar-refractivity contribution < 1.29 is 18.0 Å². The van der Waals surface area contributed by atoms with Gasteiger partial charge >= 0.3 is 6.18 Å². The number of nitrogens with one attached hydrogen (secondary N) is 1. The first kappa shape index (κ1) is 16.7. The molecule has 24 heavy (non-hydrogen) atoms. The fraction of sp³-hybridized carbons (Fsp3) is 0.312. The molecule has 3 rings (SSSR count). The normalized spacial score (nSPS) is 15.8. The van der Waals surface area contributed by atoms with Crippen LogP contribution in [0.1, 0.15) is 34.5 Å². The van der Waals surface area contributed by atoms with Gasteiger partial charge in [-0.3, -0.25) is 14.8 Å². The molecule has 1 amide bonds. The number of pyridine rings is 2. The molecule has 0 atom stereocenters. The Labute approximate surface area is 141 Å². The predicted octanol–water partition coefficient (Wildman–Crippen LogP) is 3.61. The SMILES string of the molecule is O=C(NCC1(c2ncc(C(F)(F)F)cc2Cl)CC1)c1ccncc1. The van der Waals surface area contributed by atoms with Gasteiger partial charge in [-0.15, -0.1) is 0 Å². The first-order valence-corrected chi connectivity index (χ1v) is 7.61. The van der Waals surface area contributed by atoms with Crippen LogP contribution in [-0.2, 0) is 11.6 Å². The van der Waals surface area contributed by atoms with Crippen LogP contribution in [0.15, 0.2) is 36.8 Å². The summed E-state index contributed by atoms with van der Waals surface area (Å²) < 4.78 is 38.1. The van der Waals surface area contributed by atoms with Crippen molar-refractivity contribution in [1.82, 2.24) is 15.3 Å². The van der Waals surface area contributed by atoms with Crippen LogP contribution in [0.3, 0.4) is 0 Å². The summed E-state index contributed by atoms with van der Waals surface area (Å²) in [5.74, 6) is -0.272. The van der Waals surface area contributed by atoms with Gasteiger partial charge in [0.15, 0.2) is 0 Å². The number of amides is 1. The fourth-order valence-corrected chi connectivity index (χ4v) is 2.85. The molecular weight excluding hydrogens is 343 g/mol. The topological polar surface area (TPSA) is 54.9 Å². The van der Waals surface area contributed by atoms with E-state index in [1.54, 1.807) is 12.1 Å². The van der Waals surface area contributed by atoms with Crippen molar-refractivity contribution in [3.63, 3.8) is 0 Å². The standard InChI is InChI=1S/C16H13ClF3N3O/c17-12-7-11(16(18,19)20)8-22-13(12)15(3-4-15)9-23-14(24)10-1-5-21-6-2-10/h1-2,5-8H,3-4,9H2,(H,23,24). The van der Waals surface area contributed by atoms with Crippen LogP contribution in [0.2, 0.25) is 5.02 Å². The van der Waals surface area contributed by atoms with Crippen LogP contribution < -0.4 is 5.32 Å². The molecule has 0 aromatic carbocycles. The van der Waals surface area contributed by atoms with E-state index in [1.807, 2.05) is 0 Å². The van der Waals surface area contributed by atoms with Crippen molar-refractivity contribution in [2.75, 3.05) is 6.54 Å². The highest BCUT2D eigenvalue weighted by atomic mass is 35.5. The van der Waals surface area contributed by atoms with E-state index in [1.165, 1.54) is 12.4 Å². The molecule has 0 aliphatic heterocycles. The second kappa shape index (κ2) is 6.05. The van der Waals surface area contributed by atoms with E-state index >= 15 is 0 Å². The van der Waals surface area contributed by atoms with Gasteiger partial charge in [0.25, 0.3) is 5.91 Å². The number of hydrogen-bond acceptors (Lipinski definition) is 3. The lowest BCUT2D eigenvalue weighted by Gasteiger charge is -2.18. The van der Waals surface area contributed by atoms with Gasteiger partial charge in [-0.25, -0.2) is 0 Å². The predicted molar refractivity (Wildman–Crippen MR) is 81.7 cm³/mol. The highest BCUT2D eigenvalue weighted by molar-refractivity contribution is 6.31. The number of hydrogen-bond donors (Lipinski definition) is 1. The Morgan fingerprint density at radius 1 is 1.29 bits per heavy atom. The van der Waals surface area contributed by atoms with E-state index in [0.717, 1.165) is 12.3 Å². The van der Waals surface area contributed by atoms with E-state index in [0.29, 0.717) is 24.1 Å². The minimum atomic E-state index is -4.48. The molecular formula is C16H13ClF3N3O. The van der Waals surface area contributed by atoms with Gasteiger partial charge in [-0.1, -0.05) is 11.6 Å². The lowest BCUT2D eigenvalue weighted by atomic mass is 10.0. The van der Waals surface area contributed by atoms with Crippen molar-refractivity contribution in [3.8, 4) is 0 Å². The van der Waals surface area contributed by atoms with Gasteiger partial charge in [-0.05, 0) is 31.0 Å². The fourth-order valence-electron chi connectivity index (χ4n) is 2.49. The molecule has 0 spiro atoms. The molecule has 126 valence electrons. The third-order valence-electron chi connectivity index (χ3n) is 4.05. The van der Waals surface area contributed by atoms with Crippen molar-refractivity contribution in [2.24, 2.45) is 0 Å². The lowest BCUT2D eigenvalue weighted by molar-refractivity contribution is -0.137. The molecule has 1 aliphatic rings. The number of halogens is 4. The maximum absolute atomic E-state index is 12.7. The third kappa shape index (κ3) is 3.36. The van der Waals surface area contributed by atoms with Gasteiger partial charge in [-0.2, -0.15) is 13.2 Å². The van der Waals surface area contributed by atoms with Crippen molar-refractivity contribution in [3.05, 3.63) is 58.6 Å². The summed E-state index contributed by atoms with van der Waals surface area (Å²) in [5.41, 5.74) is -0.517. The molecule has 1 aliphatic carbocycles. The van der Waals surface area contributed by atoms with Crippen LogP contribution in [0.4, 0.5) is 13.2 Å². The van der Waals surface area contributed by atoms with Crippen molar-refractivity contribution in [1.29, 1.82) is 0 Å². The Bertz CT molecular complexity index is 761. The van der Waals surface area contributed by atoms with Gasteiger partial charge < -0.3 is 5.32 Å². The van der Waals surface area contributed by atoms with E-state index in [2.05, 4.69) is 15.3 Å². The average molecular weight is 356 g/mol. The molecule has 0 radical (unpaired) electrons. The van der Waals surface area contributed by atoms with Crippen LogP contribution >= 0.6 is 11.6 Å². The first-order valence-electron chi connectivity index (χ1n) is 7.23. The van der Waals surface area contributed by atoms with Crippen LogP contribution in [0.25, 0.3) is 0 Å². The zero-order chi connectivity index (χ0) is 17.4. The molecule has 2 aromatic rings. The molecule has 8 heteroatoms. The van der Waals surface area contributed by atoms with Crippen LogP contribution in [0.5, 0.6) is 0 Å².